The van der Waals surface area contributed by atoms with Gasteiger partial charge in [-0.3, -0.25) is 9.58 Å². The SMILES string of the molecule is CCC(C)(C(O)c1c(Br)cnn1C(C)C)N1CCOCC1. The van der Waals surface area contributed by atoms with Gasteiger partial charge in [0, 0.05) is 24.7 Å². The van der Waals surface area contributed by atoms with E-state index in [4.69, 9.17) is 4.74 Å². The molecular formula is C15H26BrN3O2. The zero-order valence-corrected chi connectivity index (χ0v) is 14.9. The van der Waals surface area contributed by atoms with Crippen molar-refractivity contribution in [2.45, 2.75) is 51.8 Å². The van der Waals surface area contributed by atoms with Gasteiger partial charge < -0.3 is 9.84 Å². The van der Waals surface area contributed by atoms with E-state index in [1.165, 1.54) is 0 Å². The molecule has 0 aliphatic carbocycles. The molecule has 0 aromatic carbocycles. The van der Waals surface area contributed by atoms with Gasteiger partial charge in [0.1, 0.15) is 6.10 Å². The summed E-state index contributed by atoms with van der Waals surface area (Å²) in [6.07, 6.45) is 2.04. The monoisotopic (exact) mass is 359 g/mol. The van der Waals surface area contributed by atoms with E-state index in [0.717, 1.165) is 42.9 Å². The highest BCUT2D eigenvalue weighted by Gasteiger charge is 2.41. The molecular weight excluding hydrogens is 334 g/mol. The van der Waals surface area contributed by atoms with Crippen molar-refractivity contribution in [1.29, 1.82) is 0 Å². The molecule has 2 heterocycles. The lowest BCUT2D eigenvalue weighted by Crippen LogP contribution is -2.55. The minimum absolute atomic E-state index is 0.215. The summed E-state index contributed by atoms with van der Waals surface area (Å²) in [6.45, 7) is 11.6. The second-order valence-corrected chi connectivity index (χ2v) is 6.98. The third-order valence-electron chi connectivity index (χ3n) is 4.57. The van der Waals surface area contributed by atoms with Gasteiger partial charge in [-0.1, -0.05) is 6.92 Å². The summed E-state index contributed by atoms with van der Waals surface area (Å²) >= 11 is 3.55. The van der Waals surface area contributed by atoms with Crippen molar-refractivity contribution in [3.8, 4) is 0 Å². The van der Waals surface area contributed by atoms with Crippen LogP contribution in [0.5, 0.6) is 0 Å². The standard InChI is InChI=1S/C15H26BrN3O2/c1-5-15(4,18-6-8-21-9-7-18)14(20)13-12(16)10-17-19(13)11(2)3/h10-11,14,20H,5-9H2,1-4H3. The van der Waals surface area contributed by atoms with Crippen LogP contribution in [0.15, 0.2) is 10.7 Å². The summed E-state index contributed by atoms with van der Waals surface area (Å²) in [7, 11) is 0. The molecule has 0 radical (unpaired) electrons. The Morgan fingerprint density at radius 1 is 1.43 bits per heavy atom. The van der Waals surface area contributed by atoms with Gasteiger partial charge >= 0.3 is 0 Å². The first-order valence-corrected chi connectivity index (χ1v) is 8.44. The minimum Gasteiger partial charge on any atom is -0.385 e. The molecule has 0 bridgehead atoms. The fraction of sp³-hybridized carbons (Fsp3) is 0.800. The number of morpholine rings is 1. The lowest BCUT2D eigenvalue weighted by molar-refractivity contribution is -0.0763. The molecule has 1 aliphatic heterocycles. The van der Waals surface area contributed by atoms with E-state index in [1.807, 2.05) is 4.68 Å². The van der Waals surface area contributed by atoms with Crippen molar-refractivity contribution >= 4 is 15.9 Å². The average Bonchev–Trinajstić information content (AvgIpc) is 2.88. The number of aliphatic hydroxyl groups is 1. The van der Waals surface area contributed by atoms with Crippen LogP contribution in [0.4, 0.5) is 0 Å². The van der Waals surface area contributed by atoms with E-state index in [0.29, 0.717) is 0 Å². The second kappa shape index (κ2) is 6.77. The summed E-state index contributed by atoms with van der Waals surface area (Å²) in [4.78, 5) is 2.34. The van der Waals surface area contributed by atoms with E-state index in [-0.39, 0.29) is 11.6 Å². The molecule has 21 heavy (non-hydrogen) atoms. The maximum Gasteiger partial charge on any atom is 0.115 e. The van der Waals surface area contributed by atoms with Crippen LogP contribution < -0.4 is 0 Å². The van der Waals surface area contributed by atoms with Crippen molar-refractivity contribution in [2.75, 3.05) is 26.3 Å². The van der Waals surface area contributed by atoms with Crippen molar-refractivity contribution in [3.05, 3.63) is 16.4 Å². The number of aliphatic hydroxyl groups excluding tert-OH is 1. The van der Waals surface area contributed by atoms with Gasteiger partial charge in [0.15, 0.2) is 0 Å². The van der Waals surface area contributed by atoms with E-state index in [9.17, 15) is 5.11 Å². The van der Waals surface area contributed by atoms with Crippen molar-refractivity contribution in [2.24, 2.45) is 0 Å². The van der Waals surface area contributed by atoms with Crippen LogP contribution in [-0.4, -0.2) is 51.6 Å². The number of aromatic nitrogens is 2. The molecule has 1 aliphatic rings. The van der Waals surface area contributed by atoms with Crippen LogP contribution in [0.25, 0.3) is 0 Å². The van der Waals surface area contributed by atoms with Gasteiger partial charge in [-0.25, -0.2) is 0 Å². The molecule has 2 unspecified atom stereocenters. The molecule has 2 atom stereocenters. The highest BCUT2D eigenvalue weighted by molar-refractivity contribution is 9.10. The van der Waals surface area contributed by atoms with Gasteiger partial charge in [-0.2, -0.15) is 5.10 Å². The summed E-state index contributed by atoms with van der Waals surface area (Å²) in [5.74, 6) is 0. The summed E-state index contributed by atoms with van der Waals surface area (Å²) < 4.78 is 8.22. The number of rotatable bonds is 5. The normalized spacial score (nSPS) is 21.5. The van der Waals surface area contributed by atoms with Crippen LogP contribution in [0.2, 0.25) is 0 Å². The first kappa shape index (κ1) is 16.9. The van der Waals surface area contributed by atoms with Crippen LogP contribution >= 0.6 is 15.9 Å². The molecule has 5 nitrogen and oxygen atoms in total. The predicted molar refractivity (Wildman–Crippen MR) is 86.4 cm³/mol. The number of halogens is 1. The first-order chi connectivity index (χ1) is 9.91. The third kappa shape index (κ3) is 3.18. The molecule has 1 fully saturated rings. The van der Waals surface area contributed by atoms with Crippen LogP contribution in [0.3, 0.4) is 0 Å². The Morgan fingerprint density at radius 3 is 2.57 bits per heavy atom. The van der Waals surface area contributed by atoms with Gasteiger partial charge in [-0.05, 0) is 43.1 Å². The molecule has 6 heteroatoms. The molecule has 120 valence electrons. The number of hydrogen-bond acceptors (Lipinski definition) is 4. The zero-order valence-electron chi connectivity index (χ0n) is 13.3. The zero-order chi connectivity index (χ0) is 15.6. The van der Waals surface area contributed by atoms with Crippen molar-refractivity contribution < 1.29 is 9.84 Å². The van der Waals surface area contributed by atoms with Crippen molar-refractivity contribution in [3.63, 3.8) is 0 Å². The summed E-state index contributed by atoms with van der Waals surface area (Å²) in [5, 5.41) is 15.5. The Morgan fingerprint density at radius 2 is 2.05 bits per heavy atom. The number of nitrogens with zero attached hydrogens (tertiary/aromatic N) is 3. The summed E-state index contributed by atoms with van der Waals surface area (Å²) in [6, 6.07) is 0.215. The van der Waals surface area contributed by atoms with E-state index in [1.54, 1.807) is 6.20 Å². The van der Waals surface area contributed by atoms with Gasteiger partial charge in [-0.15, -0.1) is 0 Å². The minimum atomic E-state index is -0.597. The van der Waals surface area contributed by atoms with Crippen LogP contribution in [-0.2, 0) is 4.74 Å². The van der Waals surface area contributed by atoms with E-state index < -0.39 is 6.10 Å². The Labute approximate surface area is 135 Å². The molecule has 2 rings (SSSR count). The molecule has 1 aromatic heterocycles. The highest BCUT2D eigenvalue weighted by atomic mass is 79.9. The second-order valence-electron chi connectivity index (χ2n) is 6.13. The maximum atomic E-state index is 11.1. The lowest BCUT2D eigenvalue weighted by atomic mass is 9.87. The molecule has 0 spiro atoms. The quantitative estimate of drug-likeness (QED) is 0.877. The van der Waals surface area contributed by atoms with Crippen LogP contribution in [0, 0.1) is 0 Å². The topological polar surface area (TPSA) is 50.5 Å². The lowest BCUT2D eigenvalue weighted by Gasteiger charge is -2.46. The first-order valence-electron chi connectivity index (χ1n) is 7.65. The predicted octanol–water partition coefficient (Wildman–Crippen LogP) is 2.76. The molecule has 0 amide bonds. The molecule has 1 N–H and O–H groups in total. The Bertz CT molecular complexity index is 471. The van der Waals surface area contributed by atoms with Gasteiger partial charge in [0.25, 0.3) is 0 Å². The molecule has 1 saturated heterocycles. The summed E-state index contributed by atoms with van der Waals surface area (Å²) in [5.41, 5.74) is 0.541. The van der Waals surface area contributed by atoms with Gasteiger partial charge in [0.2, 0.25) is 0 Å². The Balaban J connectivity index is 2.35. The number of hydrogen-bond donors (Lipinski definition) is 1. The Hall–Kier alpha value is -0.430. The Kier molecular flexibility index (Phi) is 5.46. The van der Waals surface area contributed by atoms with Gasteiger partial charge in [0.05, 0.1) is 29.6 Å². The largest absolute Gasteiger partial charge is 0.385 e. The third-order valence-corrected chi connectivity index (χ3v) is 5.18. The smallest absolute Gasteiger partial charge is 0.115 e. The average molecular weight is 360 g/mol. The molecule has 1 aromatic rings. The van der Waals surface area contributed by atoms with Crippen molar-refractivity contribution in [1.82, 2.24) is 14.7 Å². The molecule has 0 saturated carbocycles. The number of ether oxygens (including phenoxy) is 1. The maximum absolute atomic E-state index is 11.1. The van der Waals surface area contributed by atoms with E-state index >= 15 is 0 Å². The van der Waals surface area contributed by atoms with Crippen LogP contribution in [0.1, 0.15) is 52.0 Å². The fourth-order valence-corrected chi connectivity index (χ4v) is 3.47. The fourth-order valence-electron chi connectivity index (χ4n) is 2.98. The highest BCUT2D eigenvalue weighted by Crippen LogP contribution is 2.38. The van der Waals surface area contributed by atoms with E-state index in [2.05, 4.69) is 53.6 Å².